The van der Waals surface area contributed by atoms with Crippen molar-refractivity contribution in [1.82, 2.24) is 25.0 Å². The van der Waals surface area contributed by atoms with E-state index in [1.165, 1.54) is 25.5 Å². The molecular weight excluding hydrogens is 485 g/mol. The molecule has 1 aliphatic rings. The van der Waals surface area contributed by atoms with Crippen molar-refractivity contribution in [1.29, 1.82) is 0 Å². The van der Waals surface area contributed by atoms with Crippen LogP contribution in [0.4, 0.5) is 4.39 Å². The second-order valence-electron chi connectivity index (χ2n) is 8.60. The van der Waals surface area contributed by atoms with Crippen molar-refractivity contribution in [3.63, 3.8) is 0 Å². The highest BCUT2D eigenvalue weighted by Gasteiger charge is 2.23. The van der Waals surface area contributed by atoms with Crippen LogP contribution in [0.25, 0.3) is 11.3 Å². The van der Waals surface area contributed by atoms with Gasteiger partial charge in [-0.3, -0.25) is 14.5 Å². The molecule has 1 N–H and O–H groups in total. The van der Waals surface area contributed by atoms with E-state index in [0.29, 0.717) is 12.5 Å². The quantitative estimate of drug-likeness (QED) is 0.482. The molecule has 206 valence electrons. The van der Waals surface area contributed by atoms with Gasteiger partial charge >= 0.3 is 0 Å². The van der Waals surface area contributed by atoms with Gasteiger partial charge in [-0.25, -0.2) is 4.39 Å². The Labute approximate surface area is 225 Å². The number of carbonyl (C=O) groups is 3. The minimum absolute atomic E-state index is 0.0780. The summed E-state index contributed by atoms with van der Waals surface area (Å²) in [5, 5.41) is 8.00. The highest BCUT2D eigenvalue weighted by atomic mass is 19.1. The number of nitrogens with zero attached hydrogens (tertiary/aromatic N) is 4. The fraction of sp³-hybridized carbons (Fsp3) is 0.414. The fourth-order valence-electron chi connectivity index (χ4n) is 3.86. The van der Waals surface area contributed by atoms with E-state index in [4.69, 9.17) is 14.7 Å². The van der Waals surface area contributed by atoms with Gasteiger partial charge in [0.25, 0.3) is 0 Å². The predicted molar refractivity (Wildman–Crippen MR) is 148 cm³/mol. The van der Waals surface area contributed by atoms with Crippen LogP contribution in [0.5, 0.6) is 0 Å². The maximum atomic E-state index is 13.3. The maximum absolute atomic E-state index is 13.3. The molecule has 0 unspecified atom stereocenters. The number of pyridine rings is 1. The van der Waals surface area contributed by atoms with Crippen molar-refractivity contribution in [2.24, 2.45) is 0 Å². The zero-order valence-corrected chi connectivity index (χ0v) is 22.9. The van der Waals surface area contributed by atoms with Gasteiger partial charge < -0.3 is 19.8 Å². The van der Waals surface area contributed by atoms with Crippen LogP contribution in [0.15, 0.2) is 54.9 Å². The van der Waals surface area contributed by atoms with Crippen LogP contribution in [-0.2, 0) is 27.3 Å². The van der Waals surface area contributed by atoms with Gasteiger partial charge in [-0.2, -0.15) is 5.10 Å². The molecule has 3 aromatic rings. The van der Waals surface area contributed by atoms with E-state index in [1.807, 2.05) is 36.9 Å². The molecule has 1 amide bonds. The summed E-state index contributed by atoms with van der Waals surface area (Å²) in [6, 6.07) is 12.7. The summed E-state index contributed by atoms with van der Waals surface area (Å²) in [7, 11) is 1.97. The van der Waals surface area contributed by atoms with E-state index >= 15 is 0 Å². The van der Waals surface area contributed by atoms with Crippen LogP contribution < -0.4 is 5.32 Å². The number of benzene rings is 1. The van der Waals surface area contributed by atoms with E-state index in [9.17, 15) is 9.18 Å². The molecule has 0 spiro atoms. The van der Waals surface area contributed by atoms with Crippen LogP contribution in [0.1, 0.15) is 51.3 Å². The minimum atomic E-state index is -0.259. The van der Waals surface area contributed by atoms with Gasteiger partial charge in [0.15, 0.2) is 0 Å². The third-order valence-corrected chi connectivity index (χ3v) is 5.68. The normalized spacial score (nSPS) is 12.6. The van der Waals surface area contributed by atoms with Gasteiger partial charge in [-0.05, 0) is 62.7 Å². The van der Waals surface area contributed by atoms with E-state index in [2.05, 4.69) is 24.1 Å². The van der Waals surface area contributed by atoms with Crippen LogP contribution >= 0.6 is 0 Å². The maximum Gasteiger partial charge on any atom is 0.244 e. The lowest BCUT2D eigenvalue weighted by Gasteiger charge is -2.32. The Balaban J connectivity index is 0.000000811. The van der Waals surface area contributed by atoms with Crippen molar-refractivity contribution in [3.05, 3.63) is 71.9 Å². The molecule has 0 bridgehead atoms. The number of halogens is 1. The Morgan fingerprint density at radius 3 is 2.18 bits per heavy atom. The standard InChI is InChI=1S/C23H26FN5O.C3H8.C2H4O.CH2O/c1-25-20-8-12-28(13-9-20)23(30)16-29-21(14-17-2-4-19(24)5-3-17)15-22(27-29)18-6-10-26-11-7-18;1-3-2;1-2-3;1-2/h2-7,10-11,15,20,25H,8-9,12-14,16H2,1H3;3H2,1-2H3;2H,1H3;1H2. The first kappa shape index (κ1) is 32.3. The monoisotopic (exact) mass is 525 g/mol. The molecule has 1 aromatic carbocycles. The summed E-state index contributed by atoms with van der Waals surface area (Å²) < 4.78 is 15.1. The van der Waals surface area contributed by atoms with Crippen molar-refractivity contribution in [3.8, 4) is 11.3 Å². The van der Waals surface area contributed by atoms with Gasteiger partial charge in [0.1, 0.15) is 25.4 Å². The first-order valence-corrected chi connectivity index (χ1v) is 12.8. The lowest BCUT2D eigenvalue weighted by Crippen LogP contribution is -2.45. The van der Waals surface area contributed by atoms with Crippen LogP contribution in [0.2, 0.25) is 0 Å². The second kappa shape index (κ2) is 18.5. The zero-order valence-electron chi connectivity index (χ0n) is 22.9. The van der Waals surface area contributed by atoms with E-state index in [0.717, 1.165) is 54.7 Å². The summed E-state index contributed by atoms with van der Waals surface area (Å²) in [5.41, 5.74) is 3.65. The molecule has 0 saturated carbocycles. The molecule has 1 aliphatic heterocycles. The van der Waals surface area contributed by atoms with Crippen LogP contribution in [0.3, 0.4) is 0 Å². The van der Waals surface area contributed by atoms with Gasteiger partial charge in [-0.15, -0.1) is 0 Å². The number of rotatable bonds is 6. The Morgan fingerprint density at radius 2 is 1.66 bits per heavy atom. The zero-order chi connectivity index (χ0) is 28.3. The Morgan fingerprint density at radius 1 is 1.11 bits per heavy atom. The summed E-state index contributed by atoms with van der Waals surface area (Å²) in [4.78, 5) is 35.7. The number of aromatic nitrogens is 3. The molecule has 0 radical (unpaired) electrons. The number of nitrogens with one attached hydrogen (secondary N) is 1. The predicted octanol–water partition coefficient (Wildman–Crippen LogP) is 4.32. The van der Waals surface area contributed by atoms with Gasteiger partial charge in [0.05, 0.1) is 5.69 Å². The second-order valence-corrected chi connectivity index (χ2v) is 8.60. The molecule has 1 fully saturated rings. The molecule has 8 nitrogen and oxygen atoms in total. The van der Waals surface area contributed by atoms with Gasteiger partial charge in [-0.1, -0.05) is 32.4 Å². The molecule has 38 heavy (non-hydrogen) atoms. The Hall–Kier alpha value is -3.72. The lowest BCUT2D eigenvalue weighted by molar-refractivity contribution is -0.133. The van der Waals surface area contributed by atoms with Crippen LogP contribution in [-0.4, -0.2) is 64.8 Å². The molecule has 2 aromatic heterocycles. The molecular formula is C29H40FN5O3. The number of hydrogen-bond donors (Lipinski definition) is 1. The van der Waals surface area contributed by atoms with E-state index in [-0.39, 0.29) is 18.3 Å². The highest BCUT2D eigenvalue weighted by Crippen LogP contribution is 2.21. The number of aldehydes is 1. The largest absolute Gasteiger partial charge is 0.341 e. The van der Waals surface area contributed by atoms with Gasteiger partial charge in [0.2, 0.25) is 5.91 Å². The minimum Gasteiger partial charge on any atom is -0.341 e. The topological polar surface area (TPSA) is 97.2 Å². The Bertz CT molecular complexity index is 1070. The smallest absolute Gasteiger partial charge is 0.244 e. The van der Waals surface area contributed by atoms with E-state index in [1.54, 1.807) is 29.2 Å². The third-order valence-electron chi connectivity index (χ3n) is 5.68. The summed E-state index contributed by atoms with van der Waals surface area (Å²) in [6.07, 6.45) is 7.96. The van der Waals surface area contributed by atoms with E-state index < -0.39 is 0 Å². The number of hydrogen-bond acceptors (Lipinski definition) is 6. The molecule has 0 atom stereocenters. The lowest BCUT2D eigenvalue weighted by atomic mass is 10.1. The van der Waals surface area contributed by atoms with Crippen molar-refractivity contribution >= 4 is 19.0 Å². The highest BCUT2D eigenvalue weighted by molar-refractivity contribution is 5.76. The fourth-order valence-corrected chi connectivity index (χ4v) is 3.86. The van der Waals surface area contributed by atoms with Crippen molar-refractivity contribution < 1.29 is 18.8 Å². The van der Waals surface area contributed by atoms with Gasteiger partial charge in [0, 0.05) is 49.2 Å². The average molecular weight is 526 g/mol. The molecule has 9 heteroatoms. The molecule has 4 rings (SSSR count). The molecule has 1 saturated heterocycles. The SMILES string of the molecule is C=O.CC=O.CCC.CNC1CCN(C(=O)Cn2nc(-c3ccncc3)cc2Cc2ccc(F)cc2)CC1. The third kappa shape index (κ3) is 10.7. The average Bonchev–Trinajstić information content (AvgIpc) is 3.34. The first-order valence-electron chi connectivity index (χ1n) is 12.8. The first-order chi connectivity index (χ1) is 18.4. The Kier molecular flexibility index (Phi) is 15.7. The summed E-state index contributed by atoms with van der Waals surface area (Å²) in [5.74, 6) is -0.181. The number of carbonyl (C=O) groups excluding carboxylic acids is 3. The molecule has 3 heterocycles. The van der Waals surface area contributed by atoms with Crippen molar-refractivity contribution in [2.75, 3.05) is 20.1 Å². The number of piperidine rings is 1. The summed E-state index contributed by atoms with van der Waals surface area (Å²) >= 11 is 0. The van der Waals surface area contributed by atoms with Crippen LogP contribution in [0, 0.1) is 5.82 Å². The number of likely N-dealkylation sites (tertiary alicyclic amines) is 1. The molecule has 0 aliphatic carbocycles. The summed E-state index contributed by atoms with van der Waals surface area (Å²) in [6.45, 7) is 9.41. The van der Waals surface area contributed by atoms with Crippen molar-refractivity contribution in [2.45, 2.75) is 59.0 Å². The number of amides is 1.